The van der Waals surface area contributed by atoms with E-state index < -0.39 is 0 Å². The van der Waals surface area contributed by atoms with E-state index in [9.17, 15) is 0 Å². The smallest absolute Gasteiger partial charge is 0.161 e. The van der Waals surface area contributed by atoms with E-state index in [1.165, 1.54) is 5.56 Å². The van der Waals surface area contributed by atoms with Gasteiger partial charge < -0.3 is 14.4 Å². The molecule has 5 heteroatoms. The van der Waals surface area contributed by atoms with Crippen LogP contribution < -0.4 is 9.47 Å². The van der Waals surface area contributed by atoms with Gasteiger partial charge in [-0.15, -0.1) is 0 Å². The molecular weight excluding hydrogens is 272 g/mol. The van der Waals surface area contributed by atoms with Gasteiger partial charge in [0, 0.05) is 11.5 Å². The van der Waals surface area contributed by atoms with Gasteiger partial charge in [-0.25, -0.2) is 0 Å². The van der Waals surface area contributed by atoms with Crippen LogP contribution in [0.15, 0.2) is 18.2 Å². The SMILES string of the molecule is [B]C1CC([B])C2N(C)CC[C@]2(c2ccc(OC)c(OC)c2)C1. The minimum Gasteiger partial charge on any atom is -0.493 e. The fourth-order valence-electron chi connectivity index (χ4n) is 4.65. The Morgan fingerprint density at radius 1 is 1.18 bits per heavy atom. The molecule has 3 unspecified atom stereocenters. The molecule has 4 atom stereocenters. The Kier molecular flexibility index (Phi) is 4.19. The quantitative estimate of drug-likeness (QED) is 0.799. The molecule has 2 aliphatic rings. The largest absolute Gasteiger partial charge is 0.493 e. The molecule has 114 valence electrons. The van der Waals surface area contributed by atoms with E-state index in [0.29, 0.717) is 6.04 Å². The van der Waals surface area contributed by atoms with Crippen LogP contribution in [0.4, 0.5) is 0 Å². The lowest BCUT2D eigenvalue weighted by molar-refractivity contribution is 0.183. The van der Waals surface area contributed by atoms with Crippen LogP contribution in [-0.4, -0.2) is 54.4 Å². The van der Waals surface area contributed by atoms with Gasteiger partial charge in [0.05, 0.1) is 29.9 Å². The van der Waals surface area contributed by atoms with Crippen molar-refractivity contribution in [2.45, 2.75) is 42.4 Å². The van der Waals surface area contributed by atoms with Gasteiger partial charge in [0.1, 0.15) is 0 Å². The Morgan fingerprint density at radius 2 is 1.91 bits per heavy atom. The second kappa shape index (κ2) is 5.84. The first-order chi connectivity index (χ1) is 10.5. The highest BCUT2D eigenvalue weighted by Crippen LogP contribution is 2.55. The Hall–Kier alpha value is -1.09. The van der Waals surface area contributed by atoms with Crippen LogP contribution in [0.25, 0.3) is 0 Å². The van der Waals surface area contributed by atoms with Gasteiger partial charge in [0.15, 0.2) is 11.5 Å². The molecule has 1 saturated carbocycles. The first kappa shape index (κ1) is 15.8. The van der Waals surface area contributed by atoms with Gasteiger partial charge in [-0.1, -0.05) is 24.1 Å². The van der Waals surface area contributed by atoms with E-state index in [-0.39, 0.29) is 17.0 Å². The summed E-state index contributed by atoms with van der Waals surface area (Å²) in [4.78, 5) is 2.40. The summed E-state index contributed by atoms with van der Waals surface area (Å²) in [6, 6.07) is 6.59. The maximum Gasteiger partial charge on any atom is 0.161 e. The van der Waals surface area contributed by atoms with Gasteiger partial charge in [0.25, 0.3) is 0 Å². The van der Waals surface area contributed by atoms with Crippen molar-refractivity contribution in [3.05, 3.63) is 23.8 Å². The number of nitrogens with zero attached hydrogens (tertiary/aromatic N) is 1. The van der Waals surface area contributed by atoms with Crippen molar-refractivity contribution >= 4 is 15.7 Å². The van der Waals surface area contributed by atoms with Crippen LogP contribution in [0.3, 0.4) is 0 Å². The minimum atomic E-state index is 0.0192. The fraction of sp³-hybridized carbons (Fsp3) is 0.647. The van der Waals surface area contributed by atoms with Crippen LogP contribution in [0.5, 0.6) is 11.5 Å². The number of rotatable bonds is 3. The zero-order chi connectivity index (χ0) is 15.9. The molecule has 3 nitrogen and oxygen atoms in total. The van der Waals surface area contributed by atoms with Crippen LogP contribution in [0, 0.1) is 0 Å². The molecule has 0 spiro atoms. The number of benzene rings is 1. The lowest BCUT2D eigenvalue weighted by Gasteiger charge is -2.48. The van der Waals surface area contributed by atoms with E-state index in [1.54, 1.807) is 14.2 Å². The molecule has 0 aromatic heterocycles. The summed E-state index contributed by atoms with van der Waals surface area (Å²) in [6.07, 6.45) is 2.96. The average molecular weight is 295 g/mol. The number of likely N-dealkylation sites (N-methyl/N-ethyl adjacent to an activating group) is 1. The highest BCUT2D eigenvalue weighted by molar-refractivity contribution is 6.15. The monoisotopic (exact) mass is 295 g/mol. The van der Waals surface area contributed by atoms with Crippen molar-refractivity contribution in [1.29, 1.82) is 0 Å². The summed E-state index contributed by atoms with van der Waals surface area (Å²) >= 11 is 0. The first-order valence-corrected chi connectivity index (χ1v) is 7.95. The lowest BCUT2D eigenvalue weighted by atomic mass is 9.51. The molecule has 0 N–H and O–H groups in total. The maximum absolute atomic E-state index is 6.47. The summed E-state index contributed by atoms with van der Waals surface area (Å²) in [6.45, 7) is 1.05. The summed E-state index contributed by atoms with van der Waals surface area (Å²) in [5, 5.41) is 0. The molecule has 0 amide bonds. The Bertz CT molecular complexity index is 553. The van der Waals surface area contributed by atoms with Crippen LogP contribution in [0.1, 0.15) is 24.8 Å². The van der Waals surface area contributed by atoms with E-state index in [0.717, 1.165) is 37.3 Å². The third-order valence-electron chi connectivity index (χ3n) is 5.52. The molecule has 1 aliphatic carbocycles. The van der Waals surface area contributed by atoms with Gasteiger partial charge >= 0.3 is 0 Å². The number of fused-ring (bicyclic) bond motifs is 1. The van der Waals surface area contributed by atoms with Crippen LogP contribution in [-0.2, 0) is 5.41 Å². The lowest BCUT2D eigenvalue weighted by Crippen LogP contribution is -2.48. The zero-order valence-corrected chi connectivity index (χ0v) is 13.7. The number of hydrogen-bond acceptors (Lipinski definition) is 3. The average Bonchev–Trinajstić information content (AvgIpc) is 2.84. The van der Waals surface area contributed by atoms with Crippen molar-refractivity contribution < 1.29 is 9.47 Å². The van der Waals surface area contributed by atoms with Crippen molar-refractivity contribution in [2.75, 3.05) is 27.8 Å². The number of hydrogen-bond donors (Lipinski definition) is 0. The predicted molar refractivity (Wildman–Crippen MR) is 90.5 cm³/mol. The molecule has 1 aromatic rings. The minimum absolute atomic E-state index is 0.0192. The highest BCUT2D eigenvalue weighted by atomic mass is 16.5. The van der Waals surface area contributed by atoms with E-state index in [1.807, 2.05) is 6.07 Å². The number of likely N-dealkylation sites (tertiary alicyclic amines) is 1. The molecule has 3 rings (SSSR count). The molecule has 4 radical (unpaired) electrons. The Morgan fingerprint density at radius 3 is 2.59 bits per heavy atom. The third kappa shape index (κ3) is 2.34. The summed E-state index contributed by atoms with van der Waals surface area (Å²) in [5.74, 6) is 1.81. The van der Waals surface area contributed by atoms with Crippen molar-refractivity contribution in [3.8, 4) is 11.5 Å². The molecule has 1 heterocycles. The van der Waals surface area contributed by atoms with Gasteiger partial charge in [-0.2, -0.15) is 0 Å². The van der Waals surface area contributed by atoms with E-state index >= 15 is 0 Å². The second-order valence-electron chi connectivity index (χ2n) is 6.77. The summed E-state index contributed by atoms with van der Waals surface area (Å²) in [5.41, 5.74) is 1.29. The first-order valence-electron chi connectivity index (χ1n) is 7.95. The van der Waals surface area contributed by atoms with Crippen molar-refractivity contribution in [2.24, 2.45) is 0 Å². The number of methoxy groups -OCH3 is 2. The molecule has 22 heavy (non-hydrogen) atoms. The molecule has 2 fully saturated rings. The third-order valence-corrected chi connectivity index (χ3v) is 5.52. The van der Waals surface area contributed by atoms with Gasteiger partial charge in [-0.05, 0) is 44.1 Å². The number of ether oxygens (including phenoxy) is 2. The molecule has 1 aliphatic heterocycles. The molecule has 0 bridgehead atoms. The standard InChI is InChI=1S/C17H23B2NO2/c1-20-7-6-17(10-12(18)9-13(19)16(17)20)11-4-5-14(21-2)15(8-11)22-3/h4-5,8,12-13,16H,6-7,9-10H2,1-3H3/t12?,13?,16?,17-/m1/s1. The van der Waals surface area contributed by atoms with E-state index in [4.69, 9.17) is 25.2 Å². The normalized spacial score (nSPS) is 35.1. The highest BCUT2D eigenvalue weighted by Gasteiger charge is 2.52. The summed E-state index contributed by atoms with van der Waals surface area (Å²) in [7, 11) is 18.3. The Balaban J connectivity index is 2.07. The predicted octanol–water partition coefficient (Wildman–Crippen LogP) is 2.35. The Labute approximate surface area is 136 Å². The van der Waals surface area contributed by atoms with Crippen molar-refractivity contribution in [3.63, 3.8) is 0 Å². The molecule has 1 aromatic carbocycles. The van der Waals surface area contributed by atoms with Crippen molar-refractivity contribution in [1.82, 2.24) is 4.90 Å². The van der Waals surface area contributed by atoms with Crippen LogP contribution >= 0.6 is 0 Å². The fourth-order valence-corrected chi connectivity index (χ4v) is 4.65. The molecule has 1 saturated heterocycles. The molecular formula is C17H23B2NO2. The zero-order valence-electron chi connectivity index (χ0n) is 13.7. The van der Waals surface area contributed by atoms with E-state index in [2.05, 4.69) is 24.1 Å². The second-order valence-corrected chi connectivity index (χ2v) is 6.77. The van der Waals surface area contributed by atoms with Crippen LogP contribution in [0.2, 0.25) is 11.6 Å². The van der Waals surface area contributed by atoms with Gasteiger partial charge in [-0.3, -0.25) is 0 Å². The maximum atomic E-state index is 6.47. The van der Waals surface area contributed by atoms with Gasteiger partial charge in [0.2, 0.25) is 0 Å². The summed E-state index contributed by atoms with van der Waals surface area (Å²) < 4.78 is 10.9. The topological polar surface area (TPSA) is 21.7 Å².